The molecule has 5 rings (SSSR count). The molecule has 0 bridgehead atoms. The summed E-state index contributed by atoms with van der Waals surface area (Å²) in [5, 5.41) is 6.99. The number of amides is 1. The van der Waals surface area contributed by atoms with Crippen LogP contribution in [0.3, 0.4) is 0 Å². The molecule has 6 nitrogen and oxygen atoms in total. The zero-order valence-corrected chi connectivity index (χ0v) is 18.7. The summed E-state index contributed by atoms with van der Waals surface area (Å²) < 4.78 is 30.5. The fourth-order valence-corrected chi connectivity index (χ4v) is 5.07. The van der Waals surface area contributed by atoms with E-state index >= 15 is 0 Å². The number of rotatable bonds is 3. The summed E-state index contributed by atoms with van der Waals surface area (Å²) in [4.78, 5) is 21.7. The smallest absolute Gasteiger partial charge is 0.252 e. The van der Waals surface area contributed by atoms with Crippen molar-refractivity contribution >= 4 is 23.5 Å². The number of benzene rings is 2. The van der Waals surface area contributed by atoms with Gasteiger partial charge in [-0.15, -0.1) is 11.8 Å². The molecule has 1 amide bonds. The van der Waals surface area contributed by atoms with Crippen molar-refractivity contribution in [1.29, 1.82) is 0 Å². The highest BCUT2D eigenvalue weighted by molar-refractivity contribution is 8.00. The fraction of sp³-hybridized carbons (Fsp3) is 0.167. The van der Waals surface area contributed by atoms with Gasteiger partial charge in [0.1, 0.15) is 17.5 Å². The van der Waals surface area contributed by atoms with Crippen LogP contribution in [0, 0.1) is 25.5 Å². The predicted octanol–water partition coefficient (Wildman–Crippen LogP) is 5.00. The number of nitrogens with one attached hydrogen (secondary N) is 1. The molecule has 166 valence electrons. The summed E-state index contributed by atoms with van der Waals surface area (Å²) in [6, 6.07) is 14.6. The Morgan fingerprint density at radius 3 is 2.48 bits per heavy atom. The van der Waals surface area contributed by atoms with Crippen LogP contribution in [-0.4, -0.2) is 31.4 Å². The zero-order valence-electron chi connectivity index (χ0n) is 17.8. The van der Waals surface area contributed by atoms with Gasteiger partial charge < -0.3 is 5.32 Å². The van der Waals surface area contributed by atoms with Gasteiger partial charge in [0, 0.05) is 28.1 Å². The van der Waals surface area contributed by atoms with E-state index in [1.54, 1.807) is 0 Å². The van der Waals surface area contributed by atoms with E-state index in [2.05, 4.69) is 15.3 Å². The van der Waals surface area contributed by atoms with Crippen LogP contribution < -0.4 is 5.32 Å². The van der Waals surface area contributed by atoms with E-state index in [-0.39, 0.29) is 23.2 Å². The standard InChI is InChI=1S/C24H19F2N5OS/c1-13-10-14(2)28-24(27-13)31-23-20(21(30-31)15-6-4-3-5-7-15)22(33-12-19(32)29-23)17-11-16(25)8-9-18(17)26/h3-11,22H,12H2,1-2H3,(H,29,32)/t22-/m1/s1. The number of fused-ring (bicyclic) bond motifs is 1. The van der Waals surface area contributed by atoms with Crippen LogP contribution in [0.25, 0.3) is 17.2 Å². The molecule has 2 aromatic carbocycles. The maximum atomic E-state index is 14.9. The van der Waals surface area contributed by atoms with Gasteiger partial charge in [-0.1, -0.05) is 30.3 Å². The molecule has 1 aliphatic heterocycles. The lowest BCUT2D eigenvalue weighted by Crippen LogP contribution is -2.17. The molecule has 0 fully saturated rings. The van der Waals surface area contributed by atoms with Crippen LogP contribution in [0.4, 0.5) is 14.6 Å². The normalized spacial score (nSPS) is 15.6. The summed E-state index contributed by atoms with van der Waals surface area (Å²) in [5.41, 5.74) is 3.52. The number of carbonyl (C=O) groups excluding carboxylic acids is 1. The molecule has 0 saturated heterocycles. The number of halogens is 2. The van der Waals surface area contributed by atoms with Crippen molar-refractivity contribution in [1.82, 2.24) is 19.7 Å². The third-order valence-corrected chi connectivity index (χ3v) is 6.52. The average molecular weight is 464 g/mol. The molecule has 0 spiro atoms. The second-order valence-corrected chi connectivity index (χ2v) is 8.84. The van der Waals surface area contributed by atoms with E-state index < -0.39 is 16.9 Å². The van der Waals surface area contributed by atoms with Crippen molar-refractivity contribution in [3.63, 3.8) is 0 Å². The third kappa shape index (κ3) is 4.00. The number of hydrogen-bond acceptors (Lipinski definition) is 5. The van der Waals surface area contributed by atoms with Gasteiger partial charge in [-0.2, -0.15) is 9.78 Å². The summed E-state index contributed by atoms with van der Waals surface area (Å²) in [7, 11) is 0. The molecular weight excluding hydrogens is 444 g/mol. The lowest BCUT2D eigenvalue weighted by atomic mass is 9.99. The van der Waals surface area contributed by atoms with Gasteiger partial charge in [0.2, 0.25) is 5.91 Å². The monoisotopic (exact) mass is 463 g/mol. The van der Waals surface area contributed by atoms with Crippen LogP contribution in [-0.2, 0) is 4.79 Å². The number of carbonyl (C=O) groups is 1. The first-order valence-electron chi connectivity index (χ1n) is 10.3. The van der Waals surface area contributed by atoms with Gasteiger partial charge in [0.05, 0.1) is 16.7 Å². The minimum atomic E-state index is -0.676. The quantitative estimate of drug-likeness (QED) is 0.463. The maximum Gasteiger partial charge on any atom is 0.252 e. The van der Waals surface area contributed by atoms with E-state index in [1.807, 2.05) is 50.2 Å². The van der Waals surface area contributed by atoms with Gasteiger partial charge in [-0.05, 0) is 38.1 Å². The third-order valence-electron chi connectivity index (χ3n) is 5.27. The summed E-state index contributed by atoms with van der Waals surface area (Å²) in [6.45, 7) is 3.69. The highest BCUT2D eigenvalue weighted by Gasteiger charge is 2.34. The Balaban J connectivity index is 1.83. The van der Waals surface area contributed by atoms with Crippen molar-refractivity contribution in [2.24, 2.45) is 0 Å². The number of aromatic nitrogens is 4. The first-order chi connectivity index (χ1) is 15.9. The van der Waals surface area contributed by atoms with Gasteiger partial charge in [-0.25, -0.2) is 18.7 Å². The first kappa shape index (κ1) is 21.3. The molecular formula is C24H19F2N5OS. The first-order valence-corrected chi connectivity index (χ1v) is 11.3. The molecule has 1 N–H and O–H groups in total. The second-order valence-electron chi connectivity index (χ2n) is 7.74. The van der Waals surface area contributed by atoms with Gasteiger partial charge in [0.15, 0.2) is 0 Å². The Hall–Kier alpha value is -3.59. The molecule has 1 atom stereocenters. The molecule has 33 heavy (non-hydrogen) atoms. The summed E-state index contributed by atoms with van der Waals surface area (Å²) in [6.07, 6.45) is 0. The second kappa shape index (κ2) is 8.40. The van der Waals surface area contributed by atoms with Crippen molar-refractivity contribution in [2.75, 3.05) is 11.1 Å². The molecule has 9 heteroatoms. The van der Waals surface area contributed by atoms with Crippen molar-refractivity contribution in [2.45, 2.75) is 19.1 Å². The lowest BCUT2D eigenvalue weighted by Gasteiger charge is -2.17. The minimum absolute atomic E-state index is 0.0667. The summed E-state index contributed by atoms with van der Waals surface area (Å²) in [5.74, 6) is -0.672. The van der Waals surface area contributed by atoms with Crippen LogP contribution in [0.1, 0.15) is 27.8 Å². The average Bonchev–Trinajstić information content (AvgIpc) is 3.06. The van der Waals surface area contributed by atoms with Gasteiger partial charge in [-0.3, -0.25) is 4.79 Å². The predicted molar refractivity (Wildman–Crippen MR) is 123 cm³/mol. The van der Waals surface area contributed by atoms with Crippen LogP contribution in [0.15, 0.2) is 54.6 Å². The molecule has 0 saturated carbocycles. The van der Waals surface area contributed by atoms with Crippen molar-refractivity contribution < 1.29 is 13.6 Å². The molecule has 0 radical (unpaired) electrons. The topological polar surface area (TPSA) is 72.7 Å². The highest BCUT2D eigenvalue weighted by atomic mass is 32.2. The van der Waals surface area contributed by atoms with E-state index in [9.17, 15) is 13.6 Å². The summed E-state index contributed by atoms with van der Waals surface area (Å²) >= 11 is 1.22. The molecule has 4 aromatic rings. The largest absolute Gasteiger partial charge is 0.309 e. The van der Waals surface area contributed by atoms with E-state index in [0.29, 0.717) is 17.1 Å². The molecule has 0 aliphatic carbocycles. The minimum Gasteiger partial charge on any atom is -0.309 e. The number of hydrogen-bond donors (Lipinski definition) is 1. The van der Waals surface area contributed by atoms with Crippen molar-refractivity contribution in [3.8, 4) is 17.2 Å². The molecule has 3 heterocycles. The Bertz CT molecular complexity index is 1350. The zero-order chi connectivity index (χ0) is 23.1. The van der Waals surface area contributed by atoms with E-state index in [0.717, 1.165) is 29.1 Å². The van der Waals surface area contributed by atoms with E-state index in [1.165, 1.54) is 22.5 Å². The number of thioether (sulfide) groups is 1. The molecule has 1 aliphatic rings. The Labute approximate surface area is 193 Å². The molecule has 2 aromatic heterocycles. The van der Waals surface area contributed by atoms with Crippen LogP contribution >= 0.6 is 11.8 Å². The Kier molecular flexibility index (Phi) is 5.41. The molecule has 0 unspecified atom stereocenters. The number of aryl methyl sites for hydroxylation is 2. The SMILES string of the molecule is Cc1cc(C)nc(-n2nc(-c3ccccc3)c3c2NC(=O)CS[C@@H]3c2cc(F)ccc2F)n1. The number of nitrogens with zero attached hydrogens (tertiary/aromatic N) is 4. The lowest BCUT2D eigenvalue weighted by molar-refractivity contribution is -0.113. The van der Waals surface area contributed by atoms with Gasteiger partial charge in [0.25, 0.3) is 5.95 Å². The van der Waals surface area contributed by atoms with Crippen LogP contribution in [0.5, 0.6) is 0 Å². The van der Waals surface area contributed by atoms with E-state index in [4.69, 9.17) is 5.10 Å². The Morgan fingerprint density at radius 1 is 1.03 bits per heavy atom. The van der Waals surface area contributed by atoms with Crippen molar-refractivity contribution in [3.05, 3.63) is 88.7 Å². The number of anilines is 1. The Morgan fingerprint density at radius 2 is 1.76 bits per heavy atom. The van der Waals surface area contributed by atoms with Gasteiger partial charge >= 0.3 is 0 Å². The van der Waals surface area contributed by atoms with Crippen LogP contribution in [0.2, 0.25) is 0 Å². The maximum absolute atomic E-state index is 14.9. The fourth-order valence-electron chi connectivity index (χ4n) is 3.93. The highest BCUT2D eigenvalue weighted by Crippen LogP contribution is 2.47.